The highest BCUT2D eigenvalue weighted by molar-refractivity contribution is 9.10. The maximum Gasteiger partial charge on any atom is 0.128 e. The summed E-state index contributed by atoms with van der Waals surface area (Å²) in [6.07, 6.45) is 0.791. The highest BCUT2D eigenvalue weighted by Gasteiger charge is 2.17. The predicted molar refractivity (Wildman–Crippen MR) is 90.1 cm³/mol. The molecule has 2 rings (SSSR count). The van der Waals surface area contributed by atoms with E-state index in [1.807, 2.05) is 13.0 Å². The quantitative estimate of drug-likeness (QED) is 0.791. The Kier molecular flexibility index (Phi) is 5.54. The number of benzene rings is 2. The molecule has 0 aliphatic carbocycles. The first-order valence-corrected chi connectivity index (χ1v) is 8.05. The van der Waals surface area contributed by atoms with E-state index in [0.717, 1.165) is 17.4 Å². The van der Waals surface area contributed by atoms with E-state index in [4.69, 9.17) is 0 Å². The van der Waals surface area contributed by atoms with Gasteiger partial charge in [-0.1, -0.05) is 41.1 Å². The average Bonchev–Trinajstić information content (AvgIpc) is 2.44. The van der Waals surface area contributed by atoms with Gasteiger partial charge in [0.25, 0.3) is 0 Å². The summed E-state index contributed by atoms with van der Waals surface area (Å²) >= 11 is 3.44. The fraction of sp³-hybridized carbons (Fsp3) is 0.333. The van der Waals surface area contributed by atoms with Crippen molar-refractivity contribution in [3.05, 3.63) is 68.9 Å². The van der Waals surface area contributed by atoms with Crippen molar-refractivity contribution in [1.29, 1.82) is 0 Å². The number of nitrogens with one attached hydrogen (secondary N) is 1. The van der Waals surface area contributed by atoms with E-state index in [1.165, 1.54) is 22.8 Å². The number of likely N-dealkylation sites (N-methyl/N-ethyl adjacent to an activating group) is 1. The normalized spacial score (nSPS) is 12.4. The van der Waals surface area contributed by atoms with Crippen LogP contribution in [0.1, 0.15) is 35.2 Å². The summed E-state index contributed by atoms with van der Waals surface area (Å²) in [6, 6.07) is 11.4. The van der Waals surface area contributed by atoms with Gasteiger partial charge in [0.15, 0.2) is 0 Å². The molecular weight excluding hydrogens is 329 g/mol. The Bertz CT molecular complexity index is 604. The first-order chi connectivity index (χ1) is 10.0. The van der Waals surface area contributed by atoms with Crippen LogP contribution in [-0.2, 0) is 6.42 Å². The standard InChI is InChI=1S/C18H21BrFN/c1-4-21-18(16-10-14(19)8-9-17(16)20)11-15-12(2)6-5-7-13(15)3/h5-10,18,21H,4,11H2,1-3H3. The van der Waals surface area contributed by atoms with Gasteiger partial charge in [-0.15, -0.1) is 0 Å². The van der Waals surface area contributed by atoms with Crippen molar-refractivity contribution in [2.24, 2.45) is 0 Å². The van der Waals surface area contributed by atoms with Crippen LogP contribution in [0.25, 0.3) is 0 Å². The van der Waals surface area contributed by atoms with Gasteiger partial charge >= 0.3 is 0 Å². The van der Waals surface area contributed by atoms with Crippen molar-refractivity contribution >= 4 is 15.9 Å². The molecule has 0 aromatic heterocycles. The van der Waals surface area contributed by atoms with Gasteiger partial charge in [0.2, 0.25) is 0 Å². The minimum Gasteiger partial charge on any atom is -0.310 e. The first-order valence-electron chi connectivity index (χ1n) is 7.26. The molecule has 112 valence electrons. The SMILES string of the molecule is CCNC(Cc1c(C)cccc1C)c1cc(Br)ccc1F. The fourth-order valence-corrected chi connectivity index (χ4v) is 3.07. The molecule has 0 saturated heterocycles. The summed E-state index contributed by atoms with van der Waals surface area (Å²) in [5, 5.41) is 3.41. The molecule has 2 aromatic carbocycles. The lowest BCUT2D eigenvalue weighted by Gasteiger charge is -2.21. The van der Waals surface area contributed by atoms with Crippen molar-refractivity contribution in [2.75, 3.05) is 6.54 Å². The van der Waals surface area contributed by atoms with Crippen LogP contribution in [0.5, 0.6) is 0 Å². The third-order valence-electron chi connectivity index (χ3n) is 3.84. The van der Waals surface area contributed by atoms with Crippen molar-refractivity contribution in [3.8, 4) is 0 Å². The number of hydrogen-bond donors (Lipinski definition) is 1. The van der Waals surface area contributed by atoms with Crippen LogP contribution in [0, 0.1) is 19.7 Å². The van der Waals surface area contributed by atoms with Crippen molar-refractivity contribution < 1.29 is 4.39 Å². The third kappa shape index (κ3) is 3.92. The van der Waals surface area contributed by atoms with Gasteiger partial charge in [0.05, 0.1) is 0 Å². The minimum absolute atomic E-state index is 0.0210. The zero-order chi connectivity index (χ0) is 15.4. The van der Waals surface area contributed by atoms with E-state index in [9.17, 15) is 4.39 Å². The van der Waals surface area contributed by atoms with Gasteiger partial charge in [0.1, 0.15) is 5.82 Å². The van der Waals surface area contributed by atoms with E-state index in [2.05, 4.69) is 53.3 Å². The highest BCUT2D eigenvalue weighted by Crippen LogP contribution is 2.27. The molecule has 1 atom stereocenters. The van der Waals surface area contributed by atoms with E-state index in [-0.39, 0.29) is 11.9 Å². The molecule has 1 unspecified atom stereocenters. The van der Waals surface area contributed by atoms with Gasteiger partial charge < -0.3 is 5.32 Å². The molecule has 0 radical (unpaired) electrons. The van der Waals surface area contributed by atoms with E-state index in [0.29, 0.717) is 5.56 Å². The van der Waals surface area contributed by atoms with Crippen LogP contribution in [0.15, 0.2) is 40.9 Å². The summed E-state index contributed by atoms with van der Waals surface area (Å²) in [5.74, 6) is -0.157. The zero-order valence-corrected chi connectivity index (χ0v) is 14.3. The van der Waals surface area contributed by atoms with Gasteiger partial charge in [0, 0.05) is 16.1 Å². The second-order valence-corrected chi connectivity index (χ2v) is 6.27. The van der Waals surface area contributed by atoms with Crippen LogP contribution in [0.2, 0.25) is 0 Å². The molecule has 0 saturated carbocycles. The molecular formula is C18H21BrFN. The van der Waals surface area contributed by atoms with E-state index >= 15 is 0 Å². The molecule has 1 N–H and O–H groups in total. The Labute approximate surface area is 134 Å². The Morgan fingerprint density at radius 3 is 2.43 bits per heavy atom. The lowest BCUT2D eigenvalue weighted by Crippen LogP contribution is -2.24. The average molecular weight is 350 g/mol. The molecule has 3 heteroatoms. The Morgan fingerprint density at radius 2 is 1.81 bits per heavy atom. The lowest BCUT2D eigenvalue weighted by molar-refractivity contribution is 0.508. The number of aryl methyl sites for hydroxylation is 2. The van der Waals surface area contributed by atoms with Crippen LogP contribution in [-0.4, -0.2) is 6.54 Å². The lowest BCUT2D eigenvalue weighted by atomic mass is 9.92. The topological polar surface area (TPSA) is 12.0 Å². The zero-order valence-electron chi connectivity index (χ0n) is 12.7. The number of hydrogen-bond acceptors (Lipinski definition) is 1. The molecule has 0 spiro atoms. The van der Waals surface area contributed by atoms with Gasteiger partial charge in [-0.3, -0.25) is 0 Å². The number of rotatable bonds is 5. The van der Waals surface area contributed by atoms with Gasteiger partial charge in [-0.25, -0.2) is 4.39 Å². The molecule has 1 nitrogen and oxygen atoms in total. The predicted octanol–water partition coefficient (Wildman–Crippen LogP) is 5.10. The van der Waals surface area contributed by atoms with Crippen LogP contribution >= 0.6 is 15.9 Å². The minimum atomic E-state index is -0.157. The Hall–Kier alpha value is -1.19. The monoisotopic (exact) mass is 349 g/mol. The molecule has 0 aliphatic rings. The summed E-state index contributed by atoms with van der Waals surface area (Å²) in [4.78, 5) is 0. The molecule has 2 aromatic rings. The Morgan fingerprint density at radius 1 is 1.14 bits per heavy atom. The third-order valence-corrected chi connectivity index (χ3v) is 4.33. The van der Waals surface area contributed by atoms with Crippen LogP contribution < -0.4 is 5.32 Å². The van der Waals surface area contributed by atoms with Crippen molar-refractivity contribution in [3.63, 3.8) is 0 Å². The summed E-state index contributed by atoms with van der Waals surface area (Å²) in [6.45, 7) is 7.08. The maximum absolute atomic E-state index is 14.2. The Balaban J connectivity index is 2.38. The van der Waals surface area contributed by atoms with Crippen molar-refractivity contribution in [2.45, 2.75) is 33.2 Å². The largest absolute Gasteiger partial charge is 0.310 e. The van der Waals surface area contributed by atoms with Gasteiger partial charge in [-0.05, 0) is 61.7 Å². The van der Waals surface area contributed by atoms with Crippen LogP contribution in [0.4, 0.5) is 4.39 Å². The molecule has 0 fully saturated rings. The highest BCUT2D eigenvalue weighted by atomic mass is 79.9. The molecule has 0 amide bonds. The molecule has 0 bridgehead atoms. The molecule has 0 heterocycles. The second kappa shape index (κ2) is 7.19. The molecule has 21 heavy (non-hydrogen) atoms. The summed E-state index contributed by atoms with van der Waals surface area (Å²) in [7, 11) is 0. The maximum atomic E-state index is 14.2. The summed E-state index contributed by atoms with van der Waals surface area (Å²) in [5.41, 5.74) is 4.53. The van der Waals surface area contributed by atoms with E-state index in [1.54, 1.807) is 6.07 Å². The second-order valence-electron chi connectivity index (χ2n) is 5.35. The summed E-state index contributed by atoms with van der Waals surface area (Å²) < 4.78 is 15.1. The fourth-order valence-electron chi connectivity index (χ4n) is 2.70. The van der Waals surface area contributed by atoms with Crippen molar-refractivity contribution in [1.82, 2.24) is 5.32 Å². The van der Waals surface area contributed by atoms with Gasteiger partial charge in [-0.2, -0.15) is 0 Å². The first kappa shape index (κ1) is 16.2. The number of halogens is 2. The smallest absolute Gasteiger partial charge is 0.128 e. The van der Waals surface area contributed by atoms with E-state index < -0.39 is 0 Å². The van der Waals surface area contributed by atoms with Crippen LogP contribution in [0.3, 0.4) is 0 Å². The molecule has 0 aliphatic heterocycles.